The molecule has 1 aliphatic rings. The van der Waals surface area contributed by atoms with Crippen molar-refractivity contribution in [3.8, 4) is 17.3 Å². The van der Waals surface area contributed by atoms with Crippen LogP contribution in [-0.4, -0.2) is 16.2 Å². The van der Waals surface area contributed by atoms with Gasteiger partial charge in [0.25, 0.3) is 0 Å². The number of pyridine rings is 1. The Morgan fingerprint density at radius 2 is 1.19 bits per heavy atom. The number of aromatic nitrogens is 2. The fourth-order valence-electron chi connectivity index (χ4n) is 7.32. The van der Waals surface area contributed by atoms with Gasteiger partial charge in [0, 0.05) is 58.2 Å². The molecule has 0 saturated heterocycles. The average molecular weight is 713 g/mol. The van der Waals surface area contributed by atoms with E-state index >= 15 is 0 Å². The van der Waals surface area contributed by atoms with Gasteiger partial charge in [-0.1, -0.05) is 116 Å². The zero-order valence-electron chi connectivity index (χ0n) is 34.6. The summed E-state index contributed by atoms with van der Waals surface area (Å²) in [6.45, 7) is 18.2. The molecule has 0 amide bonds. The van der Waals surface area contributed by atoms with E-state index in [1.807, 2.05) is 46.3 Å². The number of fused-ring (bicyclic) bond motifs is 3. The molecule has 2 aromatic heterocycles. The minimum absolute atomic E-state index is 0.0615. The normalized spacial score (nSPS) is 14.6. The molecule has 5 nitrogen and oxygen atoms in total. The highest BCUT2D eigenvalue weighted by atomic mass is 16.5. The van der Waals surface area contributed by atoms with E-state index < -0.39 is 0 Å². The molecule has 7 aromatic rings. The number of anilines is 2. The molecule has 5 aromatic carbocycles. The molecule has 0 saturated carbocycles. The quantitative estimate of drug-likeness (QED) is 0.165. The van der Waals surface area contributed by atoms with Crippen LogP contribution in [0.5, 0.6) is 11.5 Å². The topological polar surface area (TPSA) is 33.5 Å². The lowest BCUT2D eigenvalue weighted by Crippen LogP contribution is -2.26. The molecule has 0 radical (unpaired) electrons. The van der Waals surface area contributed by atoms with Gasteiger partial charge in [0.2, 0.25) is 0 Å². The van der Waals surface area contributed by atoms with Gasteiger partial charge < -0.3 is 14.5 Å². The Labute approximate surface area is 323 Å². The van der Waals surface area contributed by atoms with Crippen molar-refractivity contribution in [2.24, 2.45) is 0 Å². The zero-order valence-corrected chi connectivity index (χ0v) is 32.6. The SMILES string of the molecule is [2H]C1=C([2H])N(c2cc(C(C)(C)C)cc(C(C)(C)C)c2)CN1c1cccc(Oc2ccc3c4ccccc4n(-c4cc(C(C)(C)c5ccccc5)ccn4)c3c2)c1. The fraction of sp³-hybridized carbons (Fsp3) is 0.245. The molecule has 0 bridgehead atoms. The Hall–Kier alpha value is -5.81. The molecule has 1 aliphatic heterocycles. The smallest absolute Gasteiger partial charge is 0.137 e. The Balaban J connectivity index is 1.12. The van der Waals surface area contributed by atoms with E-state index in [9.17, 15) is 0 Å². The van der Waals surface area contributed by atoms with Crippen LogP contribution in [0, 0.1) is 0 Å². The van der Waals surface area contributed by atoms with Crippen LogP contribution in [-0.2, 0) is 16.2 Å². The maximum absolute atomic E-state index is 9.04. The van der Waals surface area contributed by atoms with Crippen LogP contribution in [0.15, 0.2) is 146 Å². The molecular weight excluding hydrogens is 661 g/mol. The fourth-order valence-corrected chi connectivity index (χ4v) is 7.32. The summed E-state index contributed by atoms with van der Waals surface area (Å²) in [5.74, 6) is 2.19. The number of para-hydroxylation sites is 1. The van der Waals surface area contributed by atoms with Crippen LogP contribution in [0.25, 0.3) is 27.6 Å². The van der Waals surface area contributed by atoms with E-state index in [0.29, 0.717) is 18.2 Å². The lowest BCUT2D eigenvalue weighted by molar-refractivity contribution is 0.483. The van der Waals surface area contributed by atoms with Crippen LogP contribution in [0.3, 0.4) is 0 Å². The van der Waals surface area contributed by atoms with Gasteiger partial charge in [-0.3, -0.25) is 4.57 Å². The van der Waals surface area contributed by atoms with Crippen molar-refractivity contribution in [3.63, 3.8) is 0 Å². The van der Waals surface area contributed by atoms with Gasteiger partial charge in [-0.05, 0) is 87.7 Å². The highest BCUT2D eigenvalue weighted by molar-refractivity contribution is 6.09. The molecule has 0 N–H and O–H groups in total. The van der Waals surface area contributed by atoms with Gasteiger partial charge in [-0.25, -0.2) is 4.98 Å². The third kappa shape index (κ3) is 6.64. The highest BCUT2D eigenvalue weighted by Gasteiger charge is 2.26. The summed E-state index contributed by atoms with van der Waals surface area (Å²) in [5.41, 5.74) is 8.30. The standard InChI is InChI=1S/C49H50N4O/c1-47(2,3)36-27-37(48(4,5)6)29-39(28-36)52-26-25-51(33-52)38-17-14-18-40(31-38)54-41-21-22-43-42-19-12-13-20-44(42)53(45(43)32-41)46-30-35(23-24-50-46)49(7,8)34-15-10-9-11-16-34/h9-32H,33H2,1-8H3/i25D,26D. The molecule has 54 heavy (non-hydrogen) atoms. The van der Waals surface area contributed by atoms with Gasteiger partial charge in [0.05, 0.1) is 20.4 Å². The Morgan fingerprint density at radius 1 is 0.537 bits per heavy atom. The molecule has 8 rings (SSSR count). The van der Waals surface area contributed by atoms with Crippen LogP contribution in [0.1, 0.15) is 80.4 Å². The van der Waals surface area contributed by atoms with Crippen LogP contribution < -0.4 is 14.5 Å². The molecule has 272 valence electrons. The van der Waals surface area contributed by atoms with E-state index in [0.717, 1.165) is 39.0 Å². The maximum atomic E-state index is 9.04. The number of ether oxygens (including phenoxy) is 1. The lowest BCUT2D eigenvalue weighted by Gasteiger charge is -2.29. The third-order valence-electron chi connectivity index (χ3n) is 10.8. The number of hydrogen-bond acceptors (Lipinski definition) is 4. The van der Waals surface area contributed by atoms with Gasteiger partial charge >= 0.3 is 0 Å². The number of nitrogens with zero attached hydrogens (tertiary/aromatic N) is 4. The second-order valence-corrected chi connectivity index (χ2v) is 17.0. The van der Waals surface area contributed by atoms with Crippen molar-refractivity contribution >= 4 is 33.2 Å². The molecule has 3 heterocycles. The number of benzene rings is 5. The first-order chi connectivity index (χ1) is 26.6. The number of hydrogen-bond donors (Lipinski definition) is 0. The lowest BCUT2D eigenvalue weighted by atomic mass is 9.78. The van der Waals surface area contributed by atoms with Gasteiger partial charge in [-0.15, -0.1) is 0 Å². The van der Waals surface area contributed by atoms with E-state index in [1.165, 1.54) is 22.3 Å². The largest absolute Gasteiger partial charge is 0.457 e. The van der Waals surface area contributed by atoms with Crippen molar-refractivity contribution < 1.29 is 7.48 Å². The van der Waals surface area contributed by atoms with Crippen molar-refractivity contribution in [1.82, 2.24) is 9.55 Å². The van der Waals surface area contributed by atoms with Crippen LogP contribution in [0.4, 0.5) is 11.4 Å². The van der Waals surface area contributed by atoms with Gasteiger partial charge in [0.1, 0.15) is 17.3 Å². The molecule has 0 atom stereocenters. The maximum Gasteiger partial charge on any atom is 0.137 e. The first-order valence-corrected chi connectivity index (χ1v) is 18.8. The summed E-state index contributed by atoms with van der Waals surface area (Å²) in [6, 6.07) is 44.0. The van der Waals surface area contributed by atoms with E-state index in [2.05, 4.69) is 157 Å². The molecule has 0 fully saturated rings. The summed E-state index contributed by atoms with van der Waals surface area (Å²) in [7, 11) is 0. The molecule has 0 aliphatic carbocycles. The predicted molar refractivity (Wildman–Crippen MR) is 226 cm³/mol. The second kappa shape index (κ2) is 13.2. The van der Waals surface area contributed by atoms with E-state index in [1.54, 1.807) is 0 Å². The van der Waals surface area contributed by atoms with Crippen molar-refractivity contribution in [2.75, 3.05) is 16.5 Å². The summed E-state index contributed by atoms with van der Waals surface area (Å²) in [5, 5.41) is 2.26. The minimum Gasteiger partial charge on any atom is -0.457 e. The predicted octanol–water partition coefficient (Wildman–Crippen LogP) is 12.6. The van der Waals surface area contributed by atoms with Crippen molar-refractivity contribution in [2.45, 2.75) is 71.6 Å². The molecular formula is C49H50N4O. The number of rotatable bonds is 7. The monoisotopic (exact) mass is 712 g/mol. The Morgan fingerprint density at radius 3 is 1.91 bits per heavy atom. The third-order valence-corrected chi connectivity index (χ3v) is 10.8. The zero-order chi connectivity index (χ0) is 39.6. The summed E-state index contributed by atoms with van der Waals surface area (Å²) in [4.78, 5) is 8.70. The van der Waals surface area contributed by atoms with E-state index in [4.69, 9.17) is 12.5 Å². The van der Waals surface area contributed by atoms with Crippen LogP contribution >= 0.6 is 0 Å². The summed E-state index contributed by atoms with van der Waals surface area (Å²) >= 11 is 0. The van der Waals surface area contributed by atoms with Crippen molar-refractivity contribution in [1.29, 1.82) is 0 Å². The summed E-state index contributed by atoms with van der Waals surface area (Å²) in [6.07, 6.45) is 2.23. The Bertz CT molecular complexity index is 2600. The van der Waals surface area contributed by atoms with E-state index in [-0.39, 0.29) is 28.6 Å². The summed E-state index contributed by atoms with van der Waals surface area (Å²) < 4.78 is 26.9. The van der Waals surface area contributed by atoms with Gasteiger partial charge in [0.15, 0.2) is 0 Å². The highest BCUT2D eigenvalue weighted by Crippen LogP contribution is 2.39. The second-order valence-electron chi connectivity index (χ2n) is 17.0. The first kappa shape index (κ1) is 32.8. The first-order valence-electron chi connectivity index (χ1n) is 19.8. The molecule has 5 heteroatoms. The van der Waals surface area contributed by atoms with Crippen molar-refractivity contribution in [3.05, 3.63) is 168 Å². The average Bonchev–Trinajstić information content (AvgIpc) is 3.67. The molecule has 0 unspecified atom stereocenters. The Kier molecular flexibility index (Phi) is 8.05. The van der Waals surface area contributed by atoms with Crippen LogP contribution in [0.2, 0.25) is 0 Å². The molecule has 0 spiro atoms. The van der Waals surface area contributed by atoms with Gasteiger partial charge in [-0.2, -0.15) is 0 Å². The minimum atomic E-state index is -0.218.